The minimum absolute atomic E-state index is 0.233. The fourth-order valence-electron chi connectivity index (χ4n) is 2.04. The zero-order chi connectivity index (χ0) is 17.9. The molecule has 2 rings (SSSR count). The summed E-state index contributed by atoms with van der Waals surface area (Å²) < 4.78 is 0. The van der Waals surface area contributed by atoms with Crippen LogP contribution in [-0.2, 0) is 0 Å². The molecule has 0 radical (unpaired) electrons. The van der Waals surface area contributed by atoms with Gasteiger partial charge in [0.2, 0.25) is 0 Å². The molecule has 0 aromatic heterocycles. The van der Waals surface area contributed by atoms with Gasteiger partial charge in [-0.1, -0.05) is 29.3 Å². The van der Waals surface area contributed by atoms with E-state index in [1.54, 1.807) is 42.5 Å². The molecule has 2 aromatic rings. The Bertz CT molecular complexity index is 763. The minimum atomic E-state index is -0.354. The molecule has 2 aromatic carbocycles. The van der Waals surface area contributed by atoms with Gasteiger partial charge in [0.15, 0.2) is 0 Å². The van der Waals surface area contributed by atoms with E-state index in [2.05, 4.69) is 10.6 Å². The van der Waals surface area contributed by atoms with Crippen molar-refractivity contribution in [3.8, 4) is 0 Å². The van der Waals surface area contributed by atoms with Gasteiger partial charge in [-0.05, 0) is 57.2 Å². The van der Waals surface area contributed by atoms with Crippen molar-refractivity contribution in [1.82, 2.24) is 5.32 Å². The van der Waals surface area contributed by atoms with E-state index < -0.39 is 0 Å². The summed E-state index contributed by atoms with van der Waals surface area (Å²) in [6.45, 7) is 5.68. The van der Waals surface area contributed by atoms with Crippen LogP contribution in [0, 0.1) is 0 Å². The number of carbonyl (C=O) groups is 2. The molecule has 0 aliphatic rings. The van der Waals surface area contributed by atoms with E-state index in [9.17, 15) is 9.59 Å². The molecule has 2 N–H and O–H groups in total. The summed E-state index contributed by atoms with van der Waals surface area (Å²) in [4.78, 5) is 24.6. The summed E-state index contributed by atoms with van der Waals surface area (Å²) in [5, 5.41) is 6.43. The molecule has 2 amide bonds. The fraction of sp³-hybridized carbons (Fsp3) is 0.222. The van der Waals surface area contributed by atoms with E-state index in [4.69, 9.17) is 23.2 Å². The standard InChI is InChI=1S/C18H18Cl2N2O2/c1-18(2,3)22-17(24)12-6-4-5-11(7-12)16(23)21-15-9-13(19)8-14(20)10-15/h4-10H,1-3H3,(H,21,23)(H,22,24). The van der Waals surface area contributed by atoms with Gasteiger partial charge < -0.3 is 10.6 Å². The van der Waals surface area contributed by atoms with Crippen LogP contribution >= 0.6 is 23.2 Å². The zero-order valence-corrected chi connectivity index (χ0v) is 15.1. The molecule has 0 atom stereocenters. The number of halogens is 2. The SMILES string of the molecule is CC(C)(C)NC(=O)c1cccc(C(=O)Nc2cc(Cl)cc(Cl)c2)c1. The highest BCUT2D eigenvalue weighted by Crippen LogP contribution is 2.23. The molecule has 0 unspecified atom stereocenters. The van der Waals surface area contributed by atoms with Crippen molar-refractivity contribution in [2.45, 2.75) is 26.3 Å². The molecular formula is C18H18Cl2N2O2. The first kappa shape index (κ1) is 18.3. The monoisotopic (exact) mass is 364 g/mol. The molecule has 24 heavy (non-hydrogen) atoms. The summed E-state index contributed by atoms with van der Waals surface area (Å²) in [6.07, 6.45) is 0. The van der Waals surface area contributed by atoms with Crippen LogP contribution in [0.4, 0.5) is 5.69 Å². The first-order chi connectivity index (χ1) is 11.1. The third-order valence-corrected chi connectivity index (χ3v) is 3.43. The van der Waals surface area contributed by atoms with Crippen LogP contribution in [-0.4, -0.2) is 17.4 Å². The van der Waals surface area contributed by atoms with E-state index in [0.717, 1.165) is 0 Å². The smallest absolute Gasteiger partial charge is 0.255 e. The molecule has 126 valence electrons. The average Bonchev–Trinajstić information content (AvgIpc) is 2.44. The van der Waals surface area contributed by atoms with Crippen molar-refractivity contribution < 1.29 is 9.59 Å². The Morgan fingerprint density at radius 3 is 1.96 bits per heavy atom. The second-order valence-corrected chi connectivity index (χ2v) is 7.27. The number of hydrogen-bond donors (Lipinski definition) is 2. The number of amides is 2. The minimum Gasteiger partial charge on any atom is -0.347 e. The summed E-state index contributed by atoms with van der Waals surface area (Å²) in [5.41, 5.74) is 0.920. The molecule has 4 nitrogen and oxygen atoms in total. The Balaban J connectivity index is 2.18. The van der Waals surface area contributed by atoms with E-state index in [1.807, 2.05) is 20.8 Å². The lowest BCUT2D eigenvalue weighted by Gasteiger charge is -2.20. The van der Waals surface area contributed by atoms with Gasteiger partial charge in [0, 0.05) is 32.4 Å². The van der Waals surface area contributed by atoms with Gasteiger partial charge in [-0.15, -0.1) is 0 Å². The number of nitrogens with one attached hydrogen (secondary N) is 2. The predicted octanol–water partition coefficient (Wildman–Crippen LogP) is 4.77. The summed E-state index contributed by atoms with van der Waals surface area (Å²) in [6, 6.07) is 11.3. The lowest BCUT2D eigenvalue weighted by Crippen LogP contribution is -2.40. The van der Waals surface area contributed by atoms with Crippen LogP contribution < -0.4 is 10.6 Å². The molecule has 0 saturated carbocycles. The Labute approximate surface area is 151 Å². The van der Waals surface area contributed by atoms with Crippen molar-refractivity contribution in [2.75, 3.05) is 5.32 Å². The van der Waals surface area contributed by atoms with Crippen LogP contribution in [0.15, 0.2) is 42.5 Å². The van der Waals surface area contributed by atoms with Crippen LogP contribution in [0.3, 0.4) is 0 Å². The highest BCUT2D eigenvalue weighted by molar-refractivity contribution is 6.35. The van der Waals surface area contributed by atoms with Crippen molar-refractivity contribution in [3.63, 3.8) is 0 Å². The largest absolute Gasteiger partial charge is 0.347 e. The molecule has 0 aliphatic carbocycles. The number of rotatable bonds is 3. The predicted molar refractivity (Wildman–Crippen MR) is 98.1 cm³/mol. The molecule has 0 spiro atoms. The van der Waals surface area contributed by atoms with Gasteiger partial charge in [-0.2, -0.15) is 0 Å². The third kappa shape index (κ3) is 5.25. The van der Waals surface area contributed by atoms with Gasteiger partial charge in [0.25, 0.3) is 11.8 Å². The quantitative estimate of drug-likeness (QED) is 0.823. The molecular weight excluding hydrogens is 347 g/mol. The van der Waals surface area contributed by atoms with Crippen LogP contribution in [0.25, 0.3) is 0 Å². The zero-order valence-electron chi connectivity index (χ0n) is 13.6. The average molecular weight is 365 g/mol. The lowest BCUT2D eigenvalue weighted by molar-refractivity contribution is 0.0919. The van der Waals surface area contributed by atoms with Crippen LogP contribution in [0.1, 0.15) is 41.5 Å². The van der Waals surface area contributed by atoms with Gasteiger partial charge in [0.1, 0.15) is 0 Å². The summed E-state index contributed by atoms with van der Waals surface area (Å²) in [5.74, 6) is -0.582. The Morgan fingerprint density at radius 1 is 0.875 bits per heavy atom. The van der Waals surface area contributed by atoms with Crippen molar-refractivity contribution in [3.05, 3.63) is 63.6 Å². The first-order valence-electron chi connectivity index (χ1n) is 7.34. The Morgan fingerprint density at radius 2 is 1.42 bits per heavy atom. The first-order valence-corrected chi connectivity index (χ1v) is 8.10. The highest BCUT2D eigenvalue weighted by atomic mass is 35.5. The molecule has 0 heterocycles. The maximum atomic E-state index is 12.4. The molecule has 0 saturated heterocycles. The van der Waals surface area contributed by atoms with Gasteiger partial charge >= 0.3 is 0 Å². The molecule has 6 heteroatoms. The highest BCUT2D eigenvalue weighted by Gasteiger charge is 2.16. The Hall–Kier alpha value is -2.04. The Kier molecular flexibility index (Phi) is 5.52. The number of anilines is 1. The van der Waals surface area contributed by atoms with Gasteiger partial charge in [-0.3, -0.25) is 9.59 Å². The van der Waals surface area contributed by atoms with Crippen molar-refractivity contribution >= 4 is 40.7 Å². The molecule has 0 aliphatic heterocycles. The maximum Gasteiger partial charge on any atom is 0.255 e. The number of benzene rings is 2. The van der Waals surface area contributed by atoms with Gasteiger partial charge in [-0.25, -0.2) is 0 Å². The van der Waals surface area contributed by atoms with E-state index in [0.29, 0.717) is 26.9 Å². The topological polar surface area (TPSA) is 58.2 Å². The maximum absolute atomic E-state index is 12.4. The molecule has 0 fully saturated rings. The van der Waals surface area contributed by atoms with Gasteiger partial charge in [0.05, 0.1) is 0 Å². The third-order valence-electron chi connectivity index (χ3n) is 3.00. The lowest BCUT2D eigenvalue weighted by atomic mass is 10.1. The van der Waals surface area contributed by atoms with Crippen molar-refractivity contribution in [1.29, 1.82) is 0 Å². The van der Waals surface area contributed by atoms with E-state index in [1.165, 1.54) is 0 Å². The van der Waals surface area contributed by atoms with Crippen LogP contribution in [0.5, 0.6) is 0 Å². The number of carbonyl (C=O) groups excluding carboxylic acids is 2. The fourth-order valence-corrected chi connectivity index (χ4v) is 2.57. The van der Waals surface area contributed by atoms with Crippen LogP contribution in [0.2, 0.25) is 10.0 Å². The normalized spacial score (nSPS) is 11.0. The number of hydrogen-bond acceptors (Lipinski definition) is 2. The van der Waals surface area contributed by atoms with E-state index in [-0.39, 0.29) is 17.4 Å². The second-order valence-electron chi connectivity index (χ2n) is 6.40. The molecule has 0 bridgehead atoms. The van der Waals surface area contributed by atoms with E-state index >= 15 is 0 Å². The second kappa shape index (κ2) is 7.24. The van der Waals surface area contributed by atoms with Crippen molar-refractivity contribution in [2.24, 2.45) is 0 Å². The summed E-state index contributed by atoms with van der Waals surface area (Å²) in [7, 11) is 0. The summed E-state index contributed by atoms with van der Waals surface area (Å²) >= 11 is 11.8.